The maximum Gasteiger partial charge on any atom is 0.244 e. The molecule has 0 atom stereocenters. The predicted molar refractivity (Wildman–Crippen MR) is 74.6 cm³/mol. The lowest BCUT2D eigenvalue weighted by atomic mass is 9.91. The van der Waals surface area contributed by atoms with Crippen LogP contribution in [0, 0.1) is 5.41 Å². The molecule has 1 N–H and O–H groups in total. The highest BCUT2D eigenvalue weighted by Gasteiger charge is 2.25. The first kappa shape index (κ1) is 13.6. The van der Waals surface area contributed by atoms with Crippen molar-refractivity contribution in [1.29, 1.82) is 0 Å². The largest absolute Gasteiger partial charge is 0.329 e. The Hall–Kier alpha value is -1.84. The summed E-state index contributed by atoms with van der Waals surface area (Å²) in [4.78, 5) is 25.7. The van der Waals surface area contributed by atoms with Gasteiger partial charge in [-0.25, -0.2) is 0 Å². The molecule has 4 heteroatoms. The molecule has 0 unspecified atom stereocenters. The van der Waals surface area contributed by atoms with Gasteiger partial charge in [0.1, 0.15) is 6.54 Å². The van der Waals surface area contributed by atoms with Gasteiger partial charge in [-0.05, 0) is 17.0 Å². The highest BCUT2D eigenvalue weighted by Crippen LogP contribution is 2.24. The molecule has 0 saturated carbocycles. The van der Waals surface area contributed by atoms with Gasteiger partial charge in [-0.2, -0.15) is 0 Å². The second kappa shape index (κ2) is 5.03. The lowest BCUT2D eigenvalue weighted by molar-refractivity contribution is -0.136. The molecule has 0 saturated heterocycles. The molecule has 0 aliphatic carbocycles. The molecule has 1 aliphatic rings. The van der Waals surface area contributed by atoms with E-state index in [-0.39, 0.29) is 23.8 Å². The minimum atomic E-state index is -0.132. The van der Waals surface area contributed by atoms with Gasteiger partial charge in [0.2, 0.25) is 11.8 Å². The second-order valence-corrected chi connectivity index (χ2v) is 6.19. The van der Waals surface area contributed by atoms with Crippen molar-refractivity contribution >= 4 is 17.5 Å². The highest BCUT2D eigenvalue weighted by atomic mass is 16.2. The van der Waals surface area contributed by atoms with Crippen molar-refractivity contribution in [3.05, 3.63) is 29.8 Å². The number of hydrogen-bond acceptors (Lipinski definition) is 2. The Labute approximate surface area is 113 Å². The highest BCUT2D eigenvalue weighted by molar-refractivity contribution is 5.96. The summed E-state index contributed by atoms with van der Waals surface area (Å²) < 4.78 is 0. The van der Waals surface area contributed by atoms with E-state index in [1.54, 1.807) is 4.90 Å². The van der Waals surface area contributed by atoms with E-state index in [2.05, 4.69) is 5.32 Å². The summed E-state index contributed by atoms with van der Waals surface area (Å²) in [5.74, 6) is -0.105. The summed E-state index contributed by atoms with van der Waals surface area (Å²) in [7, 11) is 0. The maximum absolute atomic E-state index is 12.3. The van der Waals surface area contributed by atoms with Gasteiger partial charge in [0.15, 0.2) is 0 Å². The number of rotatable bonds is 1. The molecule has 1 aliphatic heterocycles. The van der Waals surface area contributed by atoms with Gasteiger partial charge in [0, 0.05) is 18.7 Å². The molecule has 1 aromatic carbocycles. The SMILES string of the molecule is CC(C)(C)CC(=O)N1CC(=O)Nc2ccccc2C1. The zero-order valence-electron chi connectivity index (χ0n) is 11.7. The number of amides is 2. The van der Waals surface area contributed by atoms with E-state index in [1.165, 1.54) is 0 Å². The molecule has 2 rings (SSSR count). The summed E-state index contributed by atoms with van der Waals surface area (Å²) in [6, 6.07) is 7.61. The van der Waals surface area contributed by atoms with Crippen molar-refractivity contribution in [3.8, 4) is 0 Å². The second-order valence-electron chi connectivity index (χ2n) is 6.19. The standard InChI is InChI=1S/C15H20N2O2/c1-15(2,3)8-14(19)17-9-11-6-4-5-7-12(11)16-13(18)10-17/h4-7H,8-10H2,1-3H3,(H,16,18). The van der Waals surface area contributed by atoms with Crippen molar-refractivity contribution < 1.29 is 9.59 Å². The number of anilines is 1. The fourth-order valence-electron chi connectivity index (χ4n) is 2.15. The first-order chi connectivity index (χ1) is 8.85. The normalized spacial score (nSPS) is 15.5. The van der Waals surface area contributed by atoms with Crippen LogP contribution in [0.5, 0.6) is 0 Å². The lowest BCUT2D eigenvalue weighted by Gasteiger charge is -2.24. The third-order valence-electron chi connectivity index (χ3n) is 3.02. The molecule has 1 heterocycles. The van der Waals surface area contributed by atoms with E-state index in [0.29, 0.717) is 13.0 Å². The van der Waals surface area contributed by atoms with Crippen molar-refractivity contribution in [1.82, 2.24) is 4.90 Å². The molecule has 4 nitrogen and oxygen atoms in total. The Morgan fingerprint density at radius 1 is 1.26 bits per heavy atom. The summed E-state index contributed by atoms with van der Waals surface area (Å²) in [5, 5.41) is 2.84. The van der Waals surface area contributed by atoms with Crippen LogP contribution in [0.4, 0.5) is 5.69 Å². The van der Waals surface area contributed by atoms with Crippen LogP contribution in [0.25, 0.3) is 0 Å². The van der Waals surface area contributed by atoms with Gasteiger partial charge in [0.25, 0.3) is 0 Å². The Balaban J connectivity index is 2.20. The number of para-hydroxylation sites is 1. The zero-order valence-corrected chi connectivity index (χ0v) is 11.7. The van der Waals surface area contributed by atoms with Crippen molar-refractivity contribution in [2.75, 3.05) is 11.9 Å². The van der Waals surface area contributed by atoms with Crippen molar-refractivity contribution in [2.24, 2.45) is 5.41 Å². The van der Waals surface area contributed by atoms with Gasteiger partial charge in [-0.3, -0.25) is 9.59 Å². The zero-order chi connectivity index (χ0) is 14.0. The van der Waals surface area contributed by atoms with E-state index in [1.807, 2.05) is 45.0 Å². The first-order valence-electron chi connectivity index (χ1n) is 6.51. The van der Waals surface area contributed by atoms with Crippen LogP contribution in [0.1, 0.15) is 32.8 Å². The summed E-state index contributed by atoms with van der Waals surface area (Å²) >= 11 is 0. The van der Waals surface area contributed by atoms with Crippen LogP contribution in [0.2, 0.25) is 0 Å². The number of nitrogens with zero attached hydrogens (tertiary/aromatic N) is 1. The van der Waals surface area contributed by atoms with Gasteiger partial charge in [-0.15, -0.1) is 0 Å². The van der Waals surface area contributed by atoms with Gasteiger partial charge >= 0.3 is 0 Å². The smallest absolute Gasteiger partial charge is 0.244 e. The number of carbonyl (C=O) groups excluding carboxylic acids is 2. The van der Waals surface area contributed by atoms with E-state index in [0.717, 1.165) is 11.3 Å². The molecular formula is C15H20N2O2. The van der Waals surface area contributed by atoms with Crippen LogP contribution >= 0.6 is 0 Å². The Bertz CT molecular complexity index is 503. The first-order valence-corrected chi connectivity index (χ1v) is 6.51. The number of fused-ring (bicyclic) bond motifs is 1. The van der Waals surface area contributed by atoms with Gasteiger partial charge in [0.05, 0.1) is 0 Å². The monoisotopic (exact) mass is 260 g/mol. The van der Waals surface area contributed by atoms with Gasteiger partial charge in [-0.1, -0.05) is 39.0 Å². The van der Waals surface area contributed by atoms with E-state index < -0.39 is 0 Å². The minimum Gasteiger partial charge on any atom is -0.329 e. The van der Waals surface area contributed by atoms with E-state index in [9.17, 15) is 9.59 Å². The summed E-state index contributed by atoms with van der Waals surface area (Å²) in [5.41, 5.74) is 1.72. The number of carbonyl (C=O) groups is 2. The number of nitrogens with one attached hydrogen (secondary N) is 1. The van der Waals surface area contributed by atoms with E-state index >= 15 is 0 Å². The van der Waals surface area contributed by atoms with Crippen molar-refractivity contribution in [2.45, 2.75) is 33.7 Å². The molecule has 0 bridgehead atoms. The van der Waals surface area contributed by atoms with Crippen LogP contribution in [0.15, 0.2) is 24.3 Å². The molecule has 102 valence electrons. The average Bonchev–Trinajstić information content (AvgIpc) is 2.44. The third kappa shape index (κ3) is 3.56. The molecule has 0 aromatic heterocycles. The van der Waals surface area contributed by atoms with E-state index in [4.69, 9.17) is 0 Å². The lowest BCUT2D eigenvalue weighted by Crippen LogP contribution is -2.37. The molecule has 19 heavy (non-hydrogen) atoms. The van der Waals surface area contributed by atoms with Gasteiger partial charge < -0.3 is 10.2 Å². The maximum atomic E-state index is 12.3. The quantitative estimate of drug-likeness (QED) is 0.843. The molecule has 1 aromatic rings. The summed E-state index contributed by atoms with van der Waals surface area (Å²) in [6.07, 6.45) is 0.447. The average molecular weight is 260 g/mol. The Morgan fingerprint density at radius 2 is 1.95 bits per heavy atom. The molecule has 0 spiro atoms. The predicted octanol–water partition coefficient (Wildman–Crippen LogP) is 2.40. The Morgan fingerprint density at radius 3 is 2.63 bits per heavy atom. The van der Waals surface area contributed by atoms with Crippen LogP contribution in [-0.4, -0.2) is 23.3 Å². The number of benzene rings is 1. The van der Waals surface area contributed by atoms with Crippen LogP contribution in [-0.2, 0) is 16.1 Å². The third-order valence-corrected chi connectivity index (χ3v) is 3.02. The topological polar surface area (TPSA) is 49.4 Å². The minimum absolute atomic E-state index is 0.0272. The fourth-order valence-corrected chi connectivity index (χ4v) is 2.15. The molecule has 0 radical (unpaired) electrons. The molecular weight excluding hydrogens is 240 g/mol. The fraction of sp³-hybridized carbons (Fsp3) is 0.467. The van der Waals surface area contributed by atoms with Crippen LogP contribution < -0.4 is 5.32 Å². The molecule has 2 amide bonds. The number of hydrogen-bond donors (Lipinski definition) is 1. The summed E-state index contributed by atoms with van der Waals surface area (Å²) in [6.45, 7) is 6.69. The molecule has 0 fully saturated rings. The van der Waals surface area contributed by atoms with Crippen molar-refractivity contribution in [3.63, 3.8) is 0 Å². The Kier molecular flexibility index (Phi) is 3.60. The van der Waals surface area contributed by atoms with Crippen LogP contribution in [0.3, 0.4) is 0 Å².